The molecule has 2 aromatic rings. The molecule has 0 fully saturated rings. The maximum atomic E-state index is 10.2. The van der Waals surface area contributed by atoms with Gasteiger partial charge in [0.1, 0.15) is 5.75 Å². The molecule has 2 rings (SSSR count). The van der Waals surface area contributed by atoms with Crippen LogP contribution in [0.2, 0.25) is 0 Å². The predicted molar refractivity (Wildman–Crippen MR) is 77.1 cm³/mol. The molecule has 0 saturated heterocycles. The average molecular weight is 257 g/mol. The molecule has 0 aliphatic heterocycles. The van der Waals surface area contributed by atoms with E-state index in [1.807, 2.05) is 30.3 Å². The van der Waals surface area contributed by atoms with Crippen molar-refractivity contribution in [2.45, 2.75) is 18.9 Å². The smallest absolute Gasteiger partial charge is 0.142 e. The van der Waals surface area contributed by atoms with Crippen molar-refractivity contribution < 1.29 is 9.84 Å². The number of anilines is 1. The zero-order chi connectivity index (χ0) is 13.7. The monoisotopic (exact) mass is 257 g/mol. The van der Waals surface area contributed by atoms with E-state index in [0.29, 0.717) is 17.9 Å². The van der Waals surface area contributed by atoms with Gasteiger partial charge in [-0.15, -0.1) is 0 Å². The van der Waals surface area contributed by atoms with Crippen LogP contribution in [0.5, 0.6) is 5.75 Å². The molecule has 3 nitrogen and oxygen atoms in total. The number of aliphatic hydroxyl groups is 1. The number of ether oxygens (including phenoxy) is 1. The molecule has 2 aromatic carbocycles. The highest BCUT2D eigenvalue weighted by Gasteiger charge is 2.13. The second kappa shape index (κ2) is 6.25. The first-order valence-electron chi connectivity index (χ1n) is 6.36. The van der Waals surface area contributed by atoms with Gasteiger partial charge in [0.05, 0.1) is 18.9 Å². The molecule has 0 amide bonds. The molecule has 0 aliphatic rings. The molecular formula is C16H19NO2. The van der Waals surface area contributed by atoms with Crippen LogP contribution in [0.15, 0.2) is 48.5 Å². The van der Waals surface area contributed by atoms with E-state index >= 15 is 0 Å². The van der Waals surface area contributed by atoms with Gasteiger partial charge in [-0.25, -0.2) is 0 Å². The van der Waals surface area contributed by atoms with Gasteiger partial charge in [-0.2, -0.15) is 0 Å². The number of para-hydroxylation sites is 1. The SMILES string of the molecule is COc1cccc(C(O)CCc2ccccc2)c1N. The first-order chi connectivity index (χ1) is 9.22. The van der Waals surface area contributed by atoms with Crippen LogP contribution in [-0.4, -0.2) is 12.2 Å². The molecule has 0 radical (unpaired) electrons. The number of nitrogen functional groups attached to an aromatic ring is 1. The van der Waals surface area contributed by atoms with Gasteiger partial charge in [-0.05, 0) is 24.5 Å². The van der Waals surface area contributed by atoms with Crippen LogP contribution in [0.4, 0.5) is 5.69 Å². The molecular weight excluding hydrogens is 238 g/mol. The van der Waals surface area contributed by atoms with Crippen molar-refractivity contribution in [2.75, 3.05) is 12.8 Å². The van der Waals surface area contributed by atoms with Crippen LogP contribution in [0.3, 0.4) is 0 Å². The summed E-state index contributed by atoms with van der Waals surface area (Å²) in [5.41, 5.74) is 8.44. The van der Waals surface area contributed by atoms with Gasteiger partial charge in [-0.3, -0.25) is 0 Å². The molecule has 100 valence electrons. The standard InChI is InChI=1S/C16H19NO2/c1-19-15-9-5-8-13(16(15)17)14(18)11-10-12-6-3-2-4-7-12/h2-9,14,18H,10-11,17H2,1H3. The van der Waals surface area contributed by atoms with Crippen molar-refractivity contribution in [1.29, 1.82) is 0 Å². The van der Waals surface area contributed by atoms with Gasteiger partial charge in [0.25, 0.3) is 0 Å². The lowest BCUT2D eigenvalue weighted by Gasteiger charge is -2.15. The Hall–Kier alpha value is -2.00. The summed E-state index contributed by atoms with van der Waals surface area (Å²) in [6.45, 7) is 0. The van der Waals surface area contributed by atoms with Crippen molar-refractivity contribution in [3.05, 3.63) is 59.7 Å². The summed E-state index contributed by atoms with van der Waals surface area (Å²) >= 11 is 0. The number of aliphatic hydroxyl groups excluding tert-OH is 1. The number of nitrogens with two attached hydrogens (primary N) is 1. The van der Waals surface area contributed by atoms with Crippen LogP contribution in [0.25, 0.3) is 0 Å². The first kappa shape index (κ1) is 13.4. The Bertz CT molecular complexity index is 526. The fourth-order valence-corrected chi connectivity index (χ4v) is 2.13. The average Bonchev–Trinajstić information content (AvgIpc) is 2.46. The minimum atomic E-state index is -0.574. The maximum Gasteiger partial charge on any atom is 0.142 e. The van der Waals surface area contributed by atoms with E-state index in [1.54, 1.807) is 13.2 Å². The summed E-state index contributed by atoms with van der Waals surface area (Å²) in [5.74, 6) is 0.608. The normalized spacial score (nSPS) is 12.1. The Kier molecular flexibility index (Phi) is 4.42. The minimum absolute atomic E-state index is 0.519. The summed E-state index contributed by atoms with van der Waals surface area (Å²) < 4.78 is 5.16. The molecule has 1 atom stereocenters. The minimum Gasteiger partial charge on any atom is -0.495 e. The Morgan fingerprint density at radius 3 is 2.53 bits per heavy atom. The Morgan fingerprint density at radius 2 is 1.84 bits per heavy atom. The van der Waals surface area contributed by atoms with E-state index in [0.717, 1.165) is 12.0 Å². The van der Waals surface area contributed by atoms with Gasteiger partial charge >= 0.3 is 0 Å². The van der Waals surface area contributed by atoms with Crippen LogP contribution in [-0.2, 0) is 6.42 Å². The van der Waals surface area contributed by atoms with Crippen LogP contribution >= 0.6 is 0 Å². The Labute approximate surface area is 113 Å². The van der Waals surface area contributed by atoms with Crippen molar-refractivity contribution in [3.63, 3.8) is 0 Å². The Balaban J connectivity index is 2.06. The molecule has 3 heteroatoms. The third-order valence-electron chi connectivity index (χ3n) is 3.23. The largest absolute Gasteiger partial charge is 0.495 e. The fourth-order valence-electron chi connectivity index (χ4n) is 2.13. The number of hydrogen-bond donors (Lipinski definition) is 2. The summed E-state index contributed by atoms with van der Waals surface area (Å²) in [6.07, 6.45) is 0.885. The number of rotatable bonds is 5. The van der Waals surface area contributed by atoms with Crippen molar-refractivity contribution >= 4 is 5.69 Å². The molecule has 0 heterocycles. The lowest BCUT2D eigenvalue weighted by atomic mass is 10.00. The third-order valence-corrected chi connectivity index (χ3v) is 3.23. The number of benzene rings is 2. The highest BCUT2D eigenvalue weighted by atomic mass is 16.5. The Morgan fingerprint density at radius 1 is 1.11 bits per heavy atom. The topological polar surface area (TPSA) is 55.5 Å². The maximum absolute atomic E-state index is 10.2. The summed E-state index contributed by atoms with van der Waals surface area (Å²) in [4.78, 5) is 0. The van der Waals surface area contributed by atoms with Crippen LogP contribution in [0.1, 0.15) is 23.7 Å². The van der Waals surface area contributed by atoms with E-state index in [-0.39, 0.29) is 0 Å². The molecule has 1 unspecified atom stereocenters. The van der Waals surface area contributed by atoms with Gasteiger partial charge in [0.2, 0.25) is 0 Å². The second-order valence-electron chi connectivity index (χ2n) is 4.50. The molecule has 0 aromatic heterocycles. The van der Waals surface area contributed by atoms with E-state index in [4.69, 9.17) is 10.5 Å². The fraction of sp³-hybridized carbons (Fsp3) is 0.250. The molecule has 0 aliphatic carbocycles. The molecule has 0 saturated carbocycles. The van der Waals surface area contributed by atoms with E-state index in [9.17, 15) is 5.11 Å². The second-order valence-corrected chi connectivity index (χ2v) is 4.50. The van der Waals surface area contributed by atoms with Crippen molar-refractivity contribution in [3.8, 4) is 5.75 Å². The predicted octanol–water partition coefficient (Wildman–Crippen LogP) is 2.94. The zero-order valence-electron chi connectivity index (χ0n) is 11.0. The summed E-state index contributed by atoms with van der Waals surface area (Å²) in [5, 5.41) is 10.2. The lowest BCUT2D eigenvalue weighted by Crippen LogP contribution is -2.05. The van der Waals surface area contributed by atoms with E-state index in [1.165, 1.54) is 5.56 Å². The van der Waals surface area contributed by atoms with Gasteiger partial charge in [0.15, 0.2) is 0 Å². The molecule has 0 spiro atoms. The van der Waals surface area contributed by atoms with Gasteiger partial charge in [-0.1, -0.05) is 42.5 Å². The summed E-state index contributed by atoms with van der Waals surface area (Å²) in [7, 11) is 1.58. The van der Waals surface area contributed by atoms with Gasteiger partial charge in [0, 0.05) is 5.56 Å². The van der Waals surface area contributed by atoms with Crippen LogP contribution < -0.4 is 10.5 Å². The van der Waals surface area contributed by atoms with Crippen LogP contribution in [0, 0.1) is 0 Å². The first-order valence-corrected chi connectivity index (χ1v) is 6.36. The zero-order valence-corrected chi connectivity index (χ0v) is 11.0. The lowest BCUT2D eigenvalue weighted by molar-refractivity contribution is 0.168. The third kappa shape index (κ3) is 3.26. The van der Waals surface area contributed by atoms with Gasteiger partial charge < -0.3 is 15.6 Å². The highest BCUT2D eigenvalue weighted by molar-refractivity contribution is 5.59. The molecule has 3 N–H and O–H groups in total. The molecule has 0 bridgehead atoms. The summed E-state index contributed by atoms with van der Waals surface area (Å²) in [6, 6.07) is 15.6. The van der Waals surface area contributed by atoms with Crippen molar-refractivity contribution in [1.82, 2.24) is 0 Å². The number of hydrogen-bond acceptors (Lipinski definition) is 3. The number of methoxy groups -OCH3 is 1. The number of aryl methyl sites for hydroxylation is 1. The van der Waals surface area contributed by atoms with E-state index in [2.05, 4.69) is 12.1 Å². The molecule has 19 heavy (non-hydrogen) atoms. The quantitative estimate of drug-likeness (QED) is 0.810. The van der Waals surface area contributed by atoms with Crippen molar-refractivity contribution in [2.24, 2.45) is 0 Å². The highest BCUT2D eigenvalue weighted by Crippen LogP contribution is 2.31. The van der Waals surface area contributed by atoms with E-state index < -0.39 is 6.10 Å².